The lowest BCUT2D eigenvalue weighted by Crippen LogP contribution is -2.33. The molecule has 1 aromatic rings. The van der Waals surface area contributed by atoms with Gasteiger partial charge in [-0.3, -0.25) is 14.9 Å². The van der Waals surface area contributed by atoms with Gasteiger partial charge in [0.1, 0.15) is 0 Å². The maximum absolute atomic E-state index is 13.5. The lowest BCUT2D eigenvalue weighted by Gasteiger charge is -2.16. The molecule has 0 radical (unpaired) electrons. The quantitative estimate of drug-likeness (QED) is 0.619. The van der Waals surface area contributed by atoms with E-state index < -0.39 is 37.3 Å². The van der Waals surface area contributed by atoms with E-state index in [0.29, 0.717) is 4.31 Å². The number of para-hydroxylation sites is 1. The Hall–Kier alpha value is -2.03. The van der Waals surface area contributed by atoms with Crippen LogP contribution < -0.4 is 0 Å². The molecule has 1 unspecified atom stereocenters. The summed E-state index contributed by atoms with van der Waals surface area (Å²) < 4.78 is 38.7. The normalized spacial score (nSPS) is 19.4. The minimum atomic E-state index is -4.42. The summed E-state index contributed by atoms with van der Waals surface area (Å²) in [7, 11) is -4.42. The number of sulfonamides is 1. The van der Waals surface area contributed by atoms with Crippen LogP contribution in [-0.4, -0.2) is 30.1 Å². The Morgan fingerprint density at radius 3 is 2.60 bits per heavy atom. The molecular formula is C11H11FN2O5S. The summed E-state index contributed by atoms with van der Waals surface area (Å²) in [6, 6.07) is 2.78. The van der Waals surface area contributed by atoms with Crippen LogP contribution in [0.4, 0.5) is 10.1 Å². The first-order valence-electron chi connectivity index (χ1n) is 5.73. The summed E-state index contributed by atoms with van der Waals surface area (Å²) in [4.78, 5) is 20.6. The Labute approximate surface area is 114 Å². The number of hydrogen-bond acceptors (Lipinski definition) is 5. The number of nitrogens with zero attached hydrogens (tertiary/aromatic N) is 2. The maximum atomic E-state index is 13.5. The summed E-state index contributed by atoms with van der Waals surface area (Å²) in [5, 5.41) is 10.8. The predicted molar refractivity (Wildman–Crippen MR) is 65.7 cm³/mol. The predicted octanol–water partition coefficient (Wildman–Crippen LogP) is 1.29. The number of carbonyl (C=O) groups excluding carboxylic acids is 1. The van der Waals surface area contributed by atoms with Crippen molar-refractivity contribution in [2.75, 3.05) is 6.54 Å². The summed E-state index contributed by atoms with van der Waals surface area (Å²) in [5.41, 5.74) is -1.14. The first-order chi connectivity index (χ1) is 9.25. The highest BCUT2D eigenvalue weighted by Crippen LogP contribution is 2.32. The molecule has 0 N–H and O–H groups in total. The van der Waals surface area contributed by atoms with Gasteiger partial charge in [0.05, 0.1) is 4.92 Å². The molecule has 0 aliphatic carbocycles. The molecule has 1 aromatic carbocycles. The summed E-state index contributed by atoms with van der Waals surface area (Å²) in [6.45, 7) is 1.63. The number of amides is 1. The first-order valence-corrected chi connectivity index (χ1v) is 7.17. The van der Waals surface area contributed by atoms with Crippen LogP contribution in [-0.2, 0) is 14.8 Å². The molecule has 9 heteroatoms. The molecule has 1 saturated heterocycles. The zero-order valence-corrected chi connectivity index (χ0v) is 11.3. The highest BCUT2D eigenvalue weighted by atomic mass is 32.2. The average Bonchev–Trinajstić information content (AvgIpc) is 2.68. The lowest BCUT2D eigenvalue weighted by molar-refractivity contribution is -0.390. The monoisotopic (exact) mass is 302 g/mol. The van der Waals surface area contributed by atoms with Crippen molar-refractivity contribution in [1.82, 2.24) is 4.31 Å². The zero-order valence-electron chi connectivity index (χ0n) is 10.4. The van der Waals surface area contributed by atoms with Gasteiger partial charge in [0.15, 0.2) is 4.90 Å². The van der Waals surface area contributed by atoms with Crippen molar-refractivity contribution in [3.8, 4) is 0 Å². The Bertz CT molecular complexity index is 688. The Morgan fingerprint density at radius 1 is 1.45 bits per heavy atom. The number of halogens is 1. The van der Waals surface area contributed by atoms with Crippen LogP contribution >= 0.6 is 0 Å². The summed E-state index contributed by atoms with van der Waals surface area (Å²) in [5.74, 6) is -2.07. The SMILES string of the molecule is CC1CC(=O)N(S(=O)(=O)c2cccc(F)c2[N+](=O)[O-])C1. The molecular weight excluding hydrogens is 291 g/mol. The van der Waals surface area contributed by atoms with Crippen LogP contribution in [0.3, 0.4) is 0 Å². The van der Waals surface area contributed by atoms with E-state index in [2.05, 4.69) is 0 Å². The number of benzene rings is 1. The van der Waals surface area contributed by atoms with Crippen molar-refractivity contribution >= 4 is 21.6 Å². The number of nitro benzene ring substituents is 1. The van der Waals surface area contributed by atoms with Crippen LogP contribution in [0.1, 0.15) is 13.3 Å². The fourth-order valence-corrected chi connectivity index (χ4v) is 3.78. The largest absolute Gasteiger partial charge is 0.325 e. The molecule has 1 aliphatic heterocycles. The minimum Gasteiger partial charge on any atom is -0.274 e. The van der Waals surface area contributed by atoms with E-state index in [-0.39, 0.29) is 18.9 Å². The van der Waals surface area contributed by atoms with Crippen LogP contribution in [0, 0.1) is 21.8 Å². The molecule has 0 saturated carbocycles. The van der Waals surface area contributed by atoms with Crippen LogP contribution in [0.2, 0.25) is 0 Å². The molecule has 0 aromatic heterocycles. The third kappa shape index (κ3) is 2.24. The Morgan fingerprint density at radius 2 is 2.10 bits per heavy atom. The van der Waals surface area contributed by atoms with Crippen molar-refractivity contribution in [3.63, 3.8) is 0 Å². The van der Waals surface area contributed by atoms with Crippen molar-refractivity contribution in [2.45, 2.75) is 18.2 Å². The van der Waals surface area contributed by atoms with Crippen molar-refractivity contribution in [3.05, 3.63) is 34.1 Å². The molecule has 1 atom stereocenters. The smallest absolute Gasteiger partial charge is 0.274 e. The van der Waals surface area contributed by atoms with E-state index in [0.717, 1.165) is 18.2 Å². The average molecular weight is 302 g/mol. The van der Waals surface area contributed by atoms with Gasteiger partial charge in [0.25, 0.3) is 10.0 Å². The van der Waals surface area contributed by atoms with Gasteiger partial charge >= 0.3 is 5.69 Å². The molecule has 0 spiro atoms. The van der Waals surface area contributed by atoms with Gasteiger partial charge in [0, 0.05) is 13.0 Å². The number of nitro groups is 1. The maximum Gasteiger partial charge on any atom is 0.325 e. The molecule has 1 heterocycles. The van der Waals surface area contributed by atoms with Gasteiger partial charge in [-0.2, -0.15) is 4.39 Å². The molecule has 1 fully saturated rings. The summed E-state index contributed by atoms with van der Waals surface area (Å²) >= 11 is 0. The molecule has 1 aliphatic rings. The van der Waals surface area contributed by atoms with Crippen LogP contribution in [0.25, 0.3) is 0 Å². The topological polar surface area (TPSA) is 97.6 Å². The molecule has 7 nitrogen and oxygen atoms in total. The fraction of sp³-hybridized carbons (Fsp3) is 0.364. The van der Waals surface area contributed by atoms with E-state index in [1.54, 1.807) is 6.92 Å². The number of hydrogen-bond donors (Lipinski definition) is 0. The molecule has 1 amide bonds. The third-order valence-electron chi connectivity index (χ3n) is 2.98. The molecule has 20 heavy (non-hydrogen) atoms. The van der Waals surface area contributed by atoms with Crippen LogP contribution in [0.5, 0.6) is 0 Å². The second-order valence-corrected chi connectivity index (χ2v) is 6.41. The van der Waals surface area contributed by atoms with Crippen molar-refractivity contribution in [1.29, 1.82) is 0 Å². The Kier molecular flexibility index (Phi) is 3.46. The van der Waals surface area contributed by atoms with Crippen LogP contribution in [0.15, 0.2) is 23.1 Å². The standard InChI is InChI=1S/C11H11FN2O5S/c1-7-5-10(15)13(6-7)20(18,19)9-4-2-3-8(12)11(9)14(16)17/h2-4,7H,5-6H2,1H3. The highest BCUT2D eigenvalue weighted by molar-refractivity contribution is 7.89. The number of rotatable bonds is 3. The highest BCUT2D eigenvalue weighted by Gasteiger charge is 2.40. The van der Waals surface area contributed by atoms with Crippen molar-refractivity contribution < 1.29 is 22.5 Å². The van der Waals surface area contributed by atoms with E-state index >= 15 is 0 Å². The van der Waals surface area contributed by atoms with Gasteiger partial charge in [-0.05, 0) is 18.1 Å². The summed E-state index contributed by atoms with van der Waals surface area (Å²) in [6.07, 6.45) is 0.0440. The Balaban J connectivity index is 2.59. The molecule has 108 valence electrons. The minimum absolute atomic E-state index is 0.0440. The van der Waals surface area contributed by atoms with Gasteiger partial charge in [-0.1, -0.05) is 13.0 Å². The second-order valence-electron chi connectivity index (χ2n) is 4.58. The third-order valence-corrected chi connectivity index (χ3v) is 4.80. The second kappa shape index (κ2) is 4.82. The van der Waals surface area contributed by atoms with Gasteiger partial charge < -0.3 is 0 Å². The van der Waals surface area contributed by atoms with E-state index in [1.807, 2.05) is 0 Å². The zero-order chi connectivity index (χ0) is 15.1. The van der Waals surface area contributed by atoms with Gasteiger partial charge in [-0.25, -0.2) is 12.7 Å². The fourth-order valence-electron chi connectivity index (χ4n) is 2.08. The van der Waals surface area contributed by atoms with E-state index in [9.17, 15) is 27.7 Å². The van der Waals surface area contributed by atoms with E-state index in [4.69, 9.17) is 0 Å². The first kappa shape index (κ1) is 14.4. The van der Waals surface area contributed by atoms with Gasteiger partial charge in [-0.15, -0.1) is 0 Å². The lowest BCUT2D eigenvalue weighted by atomic mass is 10.2. The number of carbonyl (C=O) groups is 1. The molecule has 0 bridgehead atoms. The van der Waals surface area contributed by atoms with Gasteiger partial charge in [0.2, 0.25) is 11.7 Å². The van der Waals surface area contributed by atoms with E-state index in [1.165, 1.54) is 0 Å². The molecule has 2 rings (SSSR count). The van der Waals surface area contributed by atoms with Crippen molar-refractivity contribution in [2.24, 2.45) is 5.92 Å².